The highest BCUT2D eigenvalue weighted by molar-refractivity contribution is 5.78. The SMILES string of the molecule is Cc1nn(C)c2cnn(CCC(=O)NCCCN(C)C)c12. The second kappa shape index (κ2) is 6.71. The predicted octanol–water partition coefficient (Wildman–Crippen LogP) is 0.536. The van der Waals surface area contributed by atoms with Crippen LogP contribution >= 0.6 is 0 Å². The highest BCUT2D eigenvalue weighted by Crippen LogP contribution is 2.16. The molecular formula is C14H24N6O. The summed E-state index contributed by atoms with van der Waals surface area (Å²) in [7, 11) is 5.96. The molecule has 0 unspecified atom stereocenters. The number of carbonyl (C=O) groups is 1. The molecular weight excluding hydrogens is 268 g/mol. The molecule has 7 nitrogen and oxygen atoms in total. The van der Waals surface area contributed by atoms with Gasteiger partial charge in [-0.05, 0) is 34.0 Å². The van der Waals surface area contributed by atoms with Crippen LogP contribution in [0.4, 0.5) is 0 Å². The van der Waals surface area contributed by atoms with Gasteiger partial charge in [0.25, 0.3) is 0 Å². The topological polar surface area (TPSA) is 68.0 Å². The highest BCUT2D eigenvalue weighted by Gasteiger charge is 2.12. The number of aromatic nitrogens is 4. The van der Waals surface area contributed by atoms with Crippen LogP contribution in [0.1, 0.15) is 18.5 Å². The van der Waals surface area contributed by atoms with Crippen LogP contribution in [0.5, 0.6) is 0 Å². The minimum Gasteiger partial charge on any atom is -0.356 e. The van der Waals surface area contributed by atoms with Gasteiger partial charge in [-0.1, -0.05) is 0 Å². The zero-order valence-electron chi connectivity index (χ0n) is 13.3. The van der Waals surface area contributed by atoms with Gasteiger partial charge in [0.2, 0.25) is 5.91 Å². The van der Waals surface area contributed by atoms with Crippen LogP contribution in [0, 0.1) is 6.92 Å². The van der Waals surface area contributed by atoms with Crippen molar-refractivity contribution in [1.82, 2.24) is 29.8 Å². The Balaban J connectivity index is 1.83. The fourth-order valence-electron chi connectivity index (χ4n) is 2.40. The molecule has 1 amide bonds. The molecule has 2 rings (SSSR count). The minimum atomic E-state index is 0.0685. The van der Waals surface area contributed by atoms with Gasteiger partial charge in [0, 0.05) is 20.0 Å². The molecule has 0 radical (unpaired) electrons. The first-order valence-corrected chi connectivity index (χ1v) is 7.25. The van der Waals surface area contributed by atoms with Crippen LogP contribution < -0.4 is 5.32 Å². The summed E-state index contributed by atoms with van der Waals surface area (Å²) in [4.78, 5) is 13.9. The first-order valence-electron chi connectivity index (χ1n) is 7.25. The van der Waals surface area contributed by atoms with Crippen molar-refractivity contribution in [2.45, 2.75) is 26.3 Å². The molecule has 116 valence electrons. The lowest BCUT2D eigenvalue weighted by atomic mass is 10.3. The molecule has 0 saturated heterocycles. The third-order valence-corrected chi connectivity index (χ3v) is 3.47. The van der Waals surface area contributed by atoms with E-state index in [0.29, 0.717) is 13.0 Å². The number of carbonyl (C=O) groups excluding carboxylic acids is 1. The maximum atomic E-state index is 11.8. The second-order valence-corrected chi connectivity index (χ2v) is 5.57. The molecule has 0 aromatic carbocycles. The minimum absolute atomic E-state index is 0.0685. The second-order valence-electron chi connectivity index (χ2n) is 5.57. The average molecular weight is 292 g/mol. The average Bonchev–Trinajstić information content (AvgIpc) is 2.95. The number of hydrogen-bond acceptors (Lipinski definition) is 4. The molecule has 7 heteroatoms. The third-order valence-electron chi connectivity index (χ3n) is 3.47. The van der Waals surface area contributed by atoms with Gasteiger partial charge in [0.1, 0.15) is 11.0 Å². The van der Waals surface area contributed by atoms with Gasteiger partial charge >= 0.3 is 0 Å². The molecule has 0 bridgehead atoms. The number of rotatable bonds is 7. The van der Waals surface area contributed by atoms with E-state index in [2.05, 4.69) is 20.4 Å². The van der Waals surface area contributed by atoms with E-state index in [0.717, 1.165) is 36.2 Å². The normalized spacial score (nSPS) is 11.5. The quantitative estimate of drug-likeness (QED) is 0.756. The number of nitrogens with one attached hydrogen (secondary N) is 1. The van der Waals surface area contributed by atoms with E-state index in [4.69, 9.17) is 0 Å². The van der Waals surface area contributed by atoms with Gasteiger partial charge in [-0.2, -0.15) is 10.2 Å². The Labute approximate surface area is 124 Å². The molecule has 0 aliphatic heterocycles. The summed E-state index contributed by atoms with van der Waals surface area (Å²) in [5, 5.41) is 11.6. The molecule has 21 heavy (non-hydrogen) atoms. The fourth-order valence-corrected chi connectivity index (χ4v) is 2.40. The van der Waals surface area contributed by atoms with Crippen LogP contribution in [0.25, 0.3) is 11.0 Å². The molecule has 0 aliphatic rings. The van der Waals surface area contributed by atoms with Crippen molar-refractivity contribution in [3.05, 3.63) is 11.9 Å². The molecule has 2 aromatic rings. The Morgan fingerprint density at radius 3 is 2.90 bits per heavy atom. The molecule has 2 heterocycles. The molecule has 1 N–H and O–H groups in total. The van der Waals surface area contributed by atoms with Crippen molar-refractivity contribution in [1.29, 1.82) is 0 Å². The molecule has 0 fully saturated rings. The third kappa shape index (κ3) is 3.81. The van der Waals surface area contributed by atoms with Gasteiger partial charge in [0.15, 0.2) is 0 Å². The number of hydrogen-bond donors (Lipinski definition) is 1. The van der Waals surface area contributed by atoms with E-state index in [9.17, 15) is 4.79 Å². The summed E-state index contributed by atoms with van der Waals surface area (Å²) in [5.41, 5.74) is 2.95. The number of aryl methyl sites for hydroxylation is 3. The van der Waals surface area contributed by atoms with Crippen molar-refractivity contribution < 1.29 is 4.79 Å². The highest BCUT2D eigenvalue weighted by atomic mass is 16.1. The van der Waals surface area contributed by atoms with E-state index in [1.165, 1.54) is 0 Å². The number of amides is 1. The number of fused-ring (bicyclic) bond motifs is 1. The van der Waals surface area contributed by atoms with Crippen molar-refractivity contribution in [3.8, 4) is 0 Å². The molecule has 0 spiro atoms. The van der Waals surface area contributed by atoms with Crippen molar-refractivity contribution in [2.75, 3.05) is 27.2 Å². The van der Waals surface area contributed by atoms with E-state index >= 15 is 0 Å². The van der Waals surface area contributed by atoms with Gasteiger partial charge in [-0.15, -0.1) is 0 Å². The lowest BCUT2D eigenvalue weighted by Gasteiger charge is -2.10. The molecule has 0 aliphatic carbocycles. The maximum absolute atomic E-state index is 11.8. The smallest absolute Gasteiger partial charge is 0.221 e. The van der Waals surface area contributed by atoms with Crippen LogP contribution in [0.15, 0.2) is 6.20 Å². The van der Waals surface area contributed by atoms with Crippen LogP contribution in [0.2, 0.25) is 0 Å². The Morgan fingerprint density at radius 1 is 1.43 bits per heavy atom. The van der Waals surface area contributed by atoms with Crippen molar-refractivity contribution in [3.63, 3.8) is 0 Å². The summed E-state index contributed by atoms with van der Waals surface area (Å²) in [6.45, 7) is 4.24. The Morgan fingerprint density at radius 2 is 2.19 bits per heavy atom. The van der Waals surface area contributed by atoms with E-state index in [-0.39, 0.29) is 5.91 Å². The van der Waals surface area contributed by atoms with Crippen LogP contribution in [-0.4, -0.2) is 57.6 Å². The Bertz CT molecular complexity index is 612. The van der Waals surface area contributed by atoms with Gasteiger partial charge < -0.3 is 10.2 Å². The number of nitrogens with zero attached hydrogens (tertiary/aromatic N) is 5. The van der Waals surface area contributed by atoms with E-state index < -0.39 is 0 Å². The van der Waals surface area contributed by atoms with Crippen molar-refractivity contribution in [2.24, 2.45) is 7.05 Å². The maximum Gasteiger partial charge on any atom is 0.221 e. The first kappa shape index (κ1) is 15.5. The van der Waals surface area contributed by atoms with Crippen LogP contribution in [-0.2, 0) is 18.4 Å². The van der Waals surface area contributed by atoms with E-state index in [1.54, 1.807) is 6.20 Å². The van der Waals surface area contributed by atoms with Crippen molar-refractivity contribution >= 4 is 16.9 Å². The molecule has 0 saturated carbocycles. The summed E-state index contributed by atoms with van der Waals surface area (Å²) < 4.78 is 3.67. The fraction of sp³-hybridized carbons (Fsp3) is 0.643. The summed E-state index contributed by atoms with van der Waals surface area (Å²) in [6.07, 6.45) is 3.20. The summed E-state index contributed by atoms with van der Waals surface area (Å²) in [5.74, 6) is 0.0685. The van der Waals surface area contributed by atoms with Gasteiger partial charge in [-0.25, -0.2) is 0 Å². The molecule has 0 atom stereocenters. The van der Waals surface area contributed by atoms with Crippen LogP contribution in [0.3, 0.4) is 0 Å². The Hall–Kier alpha value is -1.89. The lowest BCUT2D eigenvalue weighted by Crippen LogP contribution is -2.27. The predicted molar refractivity (Wildman–Crippen MR) is 82.0 cm³/mol. The zero-order chi connectivity index (χ0) is 15.4. The summed E-state index contributed by atoms with van der Waals surface area (Å²) in [6, 6.07) is 0. The lowest BCUT2D eigenvalue weighted by molar-refractivity contribution is -0.121. The summed E-state index contributed by atoms with van der Waals surface area (Å²) >= 11 is 0. The standard InChI is InChI=1S/C14H24N6O/c1-11-14-12(19(4)17-11)10-16-20(14)9-6-13(21)15-7-5-8-18(2)3/h10H,5-9H2,1-4H3,(H,15,21). The monoisotopic (exact) mass is 292 g/mol. The molecule has 2 aromatic heterocycles. The van der Waals surface area contributed by atoms with Gasteiger partial charge in [-0.3, -0.25) is 14.2 Å². The van der Waals surface area contributed by atoms with E-state index in [1.807, 2.05) is 37.4 Å². The first-order chi connectivity index (χ1) is 9.99. The zero-order valence-corrected chi connectivity index (χ0v) is 13.3. The Kier molecular flexibility index (Phi) is 4.95. The largest absolute Gasteiger partial charge is 0.356 e. The van der Waals surface area contributed by atoms with Gasteiger partial charge in [0.05, 0.1) is 18.4 Å².